The van der Waals surface area contributed by atoms with Gasteiger partial charge in [0.05, 0.1) is 22.6 Å². The van der Waals surface area contributed by atoms with E-state index in [2.05, 4.69) is 10.6 Å². The molecule has 1 fully saturated rings. The number of para-hydroxylation sites is 1. The fraction of sp³-hybridized carbons (Fsp3) is 0.296. The van der Waals surface area contributed by atoms with E-state index in [1.165, 1.54) is 0 Å². The van der Waals surface area contributed by atoms with Crippen LogP contribution >= 0.6 is 23.2 Å². The van der Waals surface area contributed by atoms with E-state index in [0.717, 1.165) is 5.56 Å². The van der Waals surface area contributed by atoms with Gasteiger partial charge in [0.2, 0.25) is 0 Å². The van der Waals surface area contributed by atoms with E-state index in [4.69, 9.17) is 32.7 Å². The fourth-order valence-electron chi connectivity index (χ4n) is 5.46. The number of anilines is 1. The second-order valence-electron chi connectivity index (χ2n) is 9.17. The number of halogens is 2. The molecule has 3 aromatic rings. The van der Waals surface area contributed by atoms with Gasteiger partial charge in [-0.2, -0.15) is 0 Å². The van der Waals surface area contributed by atoms with E-state index in [0.29, 0.717) is 45.0 Å². The van der Waals surface area contributed by atoms with Gasteiger partial charge in [-0.1, -0.05) is 53.5 Å². The predicted octanol–water partition coefficient (Wildman–Crippen LogP) is 5.54. The predicted molar refractivity (Wildman–Crippen MR) is 141 cm³/mol. The van der Waals surface area contributed by atoms with Gasteiger partial charge in [-0.15, -0.1) is 0 Å². The molecule has 2 aliphatic heterocycles. The van der Waals surface area contributed by atoms with Crippen molar-refractivity contribution in [1.29, 1.82) is 0 Å². The van der Waals surface area contributed by atoms with Crippen LogP contribution in [0.15, 0.2) is 60.7 Å². The van der Waals surface area contributed by atoms with Crippen LogP contribution in [0.3, 0.4) is 0 Å². The smallest absolute Gasteiger partial charge is 0.256 e. The molecule has 5 rings (SSSR count). The van der Waals surface area contributed by atoms with Crippen molar-refractivity contribution in [3.05, 3.63) is 97.5 Å². The van der Waals surface area contributed by atoms with Gasteiger partial charge in [0, 0.05) is 22.2 Å². The van der Waals surface area contributed by atoms with Crippen molar-refractivity contribution < 1.29 is 19.2 Å². The molecule has 192 valence electrons. The molecule has 1 spiro atoms. The first kappa shape index (κ1) is 25.3. The Morgan fingerprint density at radius 1 is 1.03 bits per heavy atom. The summed E-state index contributed by atoms with van der Waals surface area (Å²) in [4.78, 5) is 25.4. The Hall–Kier alpha value is -3.33. The number of ether oxygens (including phenoxy) is 2. The summed E-state index contributed by atoms with van der Waals surface area (Å²) >= 11 is 12.1. The molecule has 0 saturated carbocycles. The number of carbonyl (C=O) groups excluding carboxylic acids is 1. The molecule has 0 aliphatic carbocycles. The highest BCUT2D eigenvalue weighted by Crippen LogP contribution is 2.50. The fourth-order valence-corrected chi connectivity index (χ4v) is 5.78. The third kappa shape index (κ3) is 4.29. The zero-order valence-electron chi connectivity index (χ0n) is 20.2. The van der Waals surface area contributed by atoms with E-state index in [-0.39, 0.29) is 17.6 Å². The second kappa shape index (κ2) is 9.85. The van der Waals surface area contributed by atoms with Gasteiger partial charge in [-0.3, -0.25) is 20.2 Å². The Bertz CT molecular complexity index is 1380. The first-order chi connectivity index (χ1) is 17.8. The van der Waals surface area contributed by atoms with Gasteiger partial charge in [0.1, 0.15) is 6.61 Å². The maximum atomic E-state index is 13.2. The summed E-state index contributed by atoms with van der Waals surface area (Å²) in [7, 11) is 0. The molecule has 1 amide bonds. The summed E-state index contributed by atoms with van der Waals surface area (Å²) in [5.41, 5.74) is 1.21. The van der Waals surface area contributed by atoms with Crippen molar-refractivity contribution in [3.63, 3.8) is 0 Å². The number of rotatable bonds is 7. The summed E-state index contributed by atoms with van der Waals surface area (Å²) in [5.74, 6) is -0.0650. The SMILES string of the molecule is CCOc1cc([C@@H]2[C@H](C)N[C@]3(C(=O)Nc4ccccc43)[C@H]2[N+](=O)[O-])ccc1OCc1ccc(Cl)c(Cl)c1. The normalized spacial score (nSPS) is 24.1. The molecule has 2 aliphatic rings. The molecule has 3 aromatic carbocycles. The van der Waals surface area contributed by atoms with Crippen molar-refractivity contribution in [1.82, 2.24) is 5.32 Å². The van der Waals surface area contributed by atoms with Crippen LogP contribution in [0.25, 0.3) is 0 Å². The number of carbonyl (C=O) groups is 1. The Morgan fingerprint density at radius 2 is 1.81 bits per heavy atom. The number of hydrogen-bond acceptors (Lipinski definition) is 6. The monoisotopic (exact) mass is 541 g/mol. The number of fused-ring (bicyclic) bond motifs is 2. The van der Waals surface area contributed by atoms with Crippen molar-refractivity contribution in [2.45, 2.75) is 44.0 Å². The minimum atomic E-state index is -1.47. The Balaban J connectivity index is 1.49. The third-order valence-corrected chi connectivity index (χ3v) is 7.73. The molecule has 2 N–H and O–H groups in total. The summed E-state index contributed by atoms with van der Waals surface area (Å²) < 4.78 is 11.9. The lowest BCUT2D eigenvalue weighted by molar-refractivity contribution is -0.532. The van der Waals surface area contributed by atoms with E-state index < -0.39 is 23.4 Å². The minimum absolute atomic E-state index is 0.231. The third-order valence-electron chi connectivity index (χ3n) is 6.99. The summed E-state index contributed by atoms with van der Waals surface area (Å²) in [6, 6.07) is 16.1. The van der Waals surface area contributed by atoms with Gasteiger partial charge in [-0.05, 0) is 55.3 Å². The topological polar surface area (TPSA) is 103 Å². The largest absolute Gasteiger partial charge is 0.490 e. The van der Waals surface area contributed by atoms with Crippen LogP contribution in [-0.4, -0.2) is 29.5 Å². The lowest BCUT2D eigenvalue weighted by Gasteiger charge is -2.25. The van der Waals surface area contributed by atoms with Crippen LogP contribution in [0, 0.1) is 10.1 Å². The second-order valence-corrected chi connectivity index (χ2v) is 9.99. The molecule has 0 aromatic heterocycles. The molecule has 2 heterocycles. The zero-order chi connectivity index (χ0) is 26.3. The molecular weight excluding hydrogens is 517 g/mol. The highest BCUT2D eigenvalue weighted by atomic mass is 35.5. The van der Waals surface area contributed by atoms with E-state index in [9.17, 15) is 14.9 Å². The van der Waals surface area contributed by atoms with Gasteiger partial charge in [0.25, 0.3) is 11.9 Å². The van der Waals surface area contributed by atoms with Crippen LogP contribution < -0.4 is 20.1 Å². The summed E-state index contributed by atoms with van der Waals surface area (Å²) in [5, 5.41) is 19.5. The van der Waals surface area contributed by atoms with Gasteiger partial charge in [0.15, 0.2) is 17.0 Å². The number of benzene rings is 3. The maximum absolute atomic E-state index is 13.2. The molecule has 4 atom stereocenters. The minimum Gasteiger partial charge on any atom is -0.490 e. The summed E-state index contributed by atoms with van der Waals surface area (Å²) in [6.07, 6.45) is 0. The van der Waals surface area contributed by atoms with Crippen LogP contribution in [0.5, 0.6) is 11.5 Å². The highest BCUT2D eigenvalue weighted by Gasteiger charge is 2.67. The van der Waals surface area contributed by atoms with Crippen molar-refractivity contribution in [2.75, 3.05) is 11.9 Å². The molecule has 37 heavy (non-hydrogen) atoms. The Kier molecular flexibility index (Phi) is 6.74. The van der Waals surface area contributed by atoms with E-state index >= 15 is 0 Å². The van der Waals surface area contributed by atoms with Crippen molar-refractivity contribution in [3.8, 4) is 11.5 Å². The average molecular weight is 542 g/mol. The van der Waals surface area contributed by atoms with Crippen LogP contribution in [-0.2, 0) is 16.9 Å². The van der Waals surface area contributed by atoms with E-state index in [1.54, 1.807) is 54.6 Å². The van der Waals surface area contributed by atoms with Gasteiger partial charge in [-0.25, -0.2) is 0 Å². The Labute approximate surface area is 224 Å². The van der Waals surface area contributed by atoms with Gasteiger partial charge < -0.3 is 14.8 Å². The lowest BCUT2D eigenvalue weighted by Crippen LogP contribution is -2.54. The average Bonchev–Trinajstić information content (AvgIpc) is 3.34. The molecule has 10 heteroatoms. The molecule has 0 unspecified atom stereocenters. The molecule has 8 nitrogen and oxygen atoms in total. The standard InChI is InChI=1S/C27H25Cl2N3O5/c1-3-36-23-13-17(9-11-22(23)37-14-16-8-10-19(28)20(29)12-16)24-15(2)31-27(25(24)32(34)35)18-6-4-5-7-21(18)30-26(27)33/h4-13,15,24-25,31H,3,14H2,1-2H3,(H,30,33)/t15-,24-,25-,27-/m0/s1. The highest BCUT2D eigenvalue weighted by molar-refractivity contribution is 6.42. The van der Waals surface area contributed by atoms with Crippen LogP contribution in [0.4, 0.5) is 5.69 Å². The quantitative estimate of drug-likeness (QED) is 0.300. The molecule has 0 radical (unpaired) electrons. The number of hydrogen-bond donors (Lipinski definition) is 2. The Morgan fingerprint density at radius 3 is 2.54 bits per heavy atom. The number of nitrogens with one attached hydrogen (secondary N) is 2. The molecule has 0 bridgehead atoms. The first-order valence-corrected chi connectivity index (χ1v) is 12.7. The maximum Gasteiger partial charge on any atom is 0.256 e. The number of amides is 1. The van der Waals surface area contributed by atoms with Crippen molar-refractivity contribution >= 4 is 34.8 Å². The molecular formula is C27H25Cl2N3O5. The van der Waals surface area contributed by atoms with Gasteiger partial charge >= 0.3 is 0 Å². The summed E-state index contributed by atoms with van der Waals surface area (Å²) in [6.45, 7) is 4.32. The number of nitrogens with zero attached hydrogens (tertiary/aromatic N) is 1. The molecule has 1 saturated heterocycles. The van der Waals surface area contributed by atoms with Crippen LogP contribution in [0.2, 0.25) is 10.0 Å². The van der Waals surface area contributed by atoms with Crippen molar-refractivity contribution in [2.24, 2.45) is 0 Å². The van der Waals surface area contributed by atoms with Crippen LogP contribution in [0.1, 0.15) is 36.5 Å². The zero-order valence-corrected chi connectivity index (χ0v) is 21.7. The first-order valence-electron chi connectivity index (χ1n) is 11.9. The lowest BCUT2D eigenvalue weighted by atomic mass is 9.78. The van der Waals surface area contributed by atoms with E-state index in [1.807, 2.05) is 19.9 Å². The number of nitro groups is 1.